The molecule has 1 aromatic rings. The first-order valence-corrected chi connectivity index (χ1v) is 8.34. The monoisotopic (exact) mass is 289 g/mol. The van der Waals surface area contributed by atoms with Crippen LogP contribution in [0.2, 0.25) is 0 Å². The van der Waals surface area contributed by atoms with Crippen LogP contribution in [0.3, 0.4) is 0 Å². The van der Waals surface area contributed by atoms with Crippen molar-refractivity contribution in [3.63, 3.8) is 0 Å². The fraction of sp³-hybridized carbons (Fsp3) is 0.562. The van der Waals surface area contributed by atoms with Crippen LogP contribution in [0.4, 0.5) is 0 Å². The Labute approximate surface area is 125 Å². The van der Waals surface area contributed by atoms with E-state index < -0.39 is 0 Å². The van der Waals surface area contributed by atoms with Gasteiger partial charge in [0.05, 0.1) is 11.8 Å². The molecule has 4 heteroatoms. The SMILES string of the molecule is CC(CNC1=NCC(c2ccccc2)S1)N(C)C1CC1. The first-order chi connectivity index (χ1) is 9.74. The number of hydrogen-bond acceptors (Lipinski definition) is 4. The van der Waals surface area contributed by atoms with Gasteiger partial charge < -0.3 is 5.32 Å². The zero-order valence-corrected chi connectivity index (χ0v) is 13.1. The second kappa shape index (κ2) is 6.19. The number of benzene rings is 1. The van der Waals surface area contributed by atoms with Gasteiger partial charge in [0, 0.05) is 18.6 Å². The third kappa shape index (κ3) is 3.36. The standard InChI is InChI=1S/C16H23N3S/c1-12(19(2)14-8-9-14)10-17-16-18-11-15(20-16)13-6-4-3-5-7-13/h3-7,12,14-15H,8-11H2,1-2H3,(H,17,18). The third-order valence-electron chi connectivity index (χ3n) is 4.19. The first-order valence-electron chi connectivity index (χ1n) is 7.46. The molecule has 0 bridgehead atoms. The Morgan fingerprint density at radius 1 is 1.35 bits per heavy atom. The van der Waals surface area contributed by atoms with Gasteiger partial charge in [-0.1, -0.05) is 42.1 Å². The van der Waals surface area contributed by atoms with Crippen LogP contribution < -0.4 is 5.32 Å². The zero-order valence-electron chi connectivity index (χ0n) is 12.2. The zero-order chi connectivity index (χ0) is 13.9. The van der Waals surface area contributed by atoms with Crippen molar-refractivity contribution in [2.24, 2.45) is 4.99 Å². The average Bonchev–Trinajstić information content (AvgIpc) is 3.23. The van der Waals surface area contributed by atoms with E-state index in [1.54, 1.807) is 0 Å². The summed E-state index contributed by atoms with van der Waals surface area (Å²) < 4.78 is 0. The van der Waals surface area contributed by atoms with Gasteiger partial charge in [0.2, 0.25) is 0 Å². The maximum atomic E-state index is 4.64. The van der Waals surface area contributed by atoms with E-state index in [0.717, 1.165) is 24.3 Å². The molecular weight excluding hydrogens is 266 g/mol. The number of thioether (sulfide) groups is 1. The van der Waals surface area contributed by atoms with Crippen LogP contribution in [0.15, 0.2) is 35.3 Å². The molecule has 0 aromatic heterocycles. The summed E-state index contributed by atoms with van der Waals surface area (Å²) in [5, 5.41) is 5.10. The molecule has 0 radical (unpaired) electrons. The Morgan fingerprint density at radius 3 is 2.80 bits per heavy atom. The lowest BCUT2D eigenvalue weighted by Crippen LogP contribution is -2.40. The molecule has 0 spiro atoms. The Hall–Kier alpha value is -1.00. The van der Waals surface area contributed by atoms with Gasteiger partial charge in [-0.3, -0.25) is 9.89 Å². The number of aliphatic imine (C=N–C) groups is 1. The van der Waals surface area contributed by atoms with E-state index in [2.05, 4.69) is 59.5 Å². The smallest absolute Gasteiger partial charge is 0.157 e. The molecule has 108 valence electrons. The predicted molar refractivity (Wildman–Crippen MR) is 87.3 cm³/mol. The second-order valence-electron chi connectivity index (χ2n) is 5.79. The Bertz CT molecular complexity index is 470. The van der Waals surface area contributed by atoms with Gasteiger partial charge in [-0.2, -0.15) is 0 Å². The molecule has 0 saturated heterocycles. The maximum Gasteiger partial charge on any atom is 0.157 e. The van der Waals surface area contributed by atoms with Crippen molar-refractivity contribution in [3.05, 3.63) is 35.9 Å². The van der Waals surface area contributed by atoms with Crippen LogP contribution in [0, 0.1) is 0 Å². The van der Waals surface area contributed by atoms with Crippen molar-refractivity contribution >= 4 is 16.9 Å². The Morgan fingerprint density at radius 2 is 2.10 bits per heavy atom. The van der Waals surface area contributed by atoms with E-state index in [1.807, 2.05) is 11.8 Å². The van der Waals surface area contributed by atoms with Crippen LogP contribution in [0.1, 0.15) is 30.6 Å². The number of likely N-dealkylation sites (N-methyl/N-ethyl adjacent to an activating group) is 1. The molecule has 1 aromatic carbocycles. The van der Waals surface area contributed by atoms with Crippen LogP contribution in [-0.2, 0) is 0 Å². The van der Waals surface area contributed by atoms with Gasteiger partial charge in [-0.05, 0) is 32.4 Å². The van der Waals surface area contributed by atoms with Crippen molar-refractivity contribution in [1.29, 1.82) is 0 Å². The lowest BCUT2D eigenvalue weighted by Gasteiger charge is -2.24. The number of hydrogen-bond donors (Lipinski definition) is 1. The van der Waals surface area contributed by atoms with E-state index in [9.17, 15) is 0 Å². The third-order valence-corrected chi connectivity index (χ3v) is 5.40. The fourth-order valence-corrected chi connectivity index (χ4v) is 3.56. The van der Waals surface area contributed by atoms with Gasteiger partial charge >= 0.3 is 0 Å². The van der Waals surface area contributed by atoms with Gasteiger partial charge in [0.1, 0.15) is 0 Å². The predicted octanol–water partition coefficient (Wildman–Crippen LogP) is 2.90. The highest BCUT2D eigenvalue weighted by atomic mass is 32.2. The summed E-state index contributed by atoms with van der Waals surface area (Å²) in [4.78, 5) is 7.12. The van der Waals surface area contributed by atoms with Crippen molar-refractivity contribution in [2.75, 3.05) is 20.1 Å². The topological polar surface area (TPSA) is 27.6 Å². The lowest BCUT2D eigenvalue weighted by atomic mass is 10.1. The first kappa shape index (κ1) is 14.0. The van der Waals surface area contributed by atoms with Gasteiger partial charge in [0.25, 0.3) is 0 Å². The van der Waals surface area contributed by atoms with Crippen molar-refractivity contribution < 1.29 is 0 Å². The largest absolute Gasteiger partial charge is 0.363 e. The highest BCUT2D eigenvalue weighted by Gasteiger charge is 2.29. The molecule has 1 heterocycles. The second-order valence-corrected chi connectivity index (χ2v) is 6.98. The molecule has 2 aliphatic rings. The van der Waals surface area contributed by atoms with E-state index in [-0.39, 0.29) is 0 Å². The summed E-state index contributed by atoms with van der Waals surface area (Å²) in [6, 6.07) is 12.1. The minimum atomic E-state index is 0.482. The van der Waals surface area contributed by atoms with Gasteiger partial charge in [-0.15, -0.1) is 0 Å². The van der Waals surface area contributed by atoms with Crippen molar-refractivity contribution in [3.8, 4) is 0 Å². The van der Waals surface area contributed by atoms with Crippen LogP contribution in [-0.4, -0.2) is 42.3 Å². The van der Waals surface area contributed by atoms with E-state index in [1.165, 1.54) is 18.4 Å². The van der Waals surface area contributed by atoms with Crippen LogP contribution in [0.5, 0.6) is 0 Å². The molecule has 2 atom stereocenters. The van der Waals surface area contributed by atoms with E-state index >= 15 is 0 Å². The van der Waals surface area contributed by atoms with Crippen LogP contribution >= 0.6 is 11.8 Å². The minimum Gasteiger partial charge on any atom is -0.363 e. The highest BCUT2D eigenvalue weighted by Crippen LogP contribution is 2.34. The average molecular weight is 289 g/mol. The molecule has 1 aliphatic carbocycles. The molecular formula is C16H23N3S. The van der Waals surface area contributed by atoms with Gasteiger partial charge in [0.15, 0.2) is 5.17 Å². The van der Waals surface area contributed by atoms with Crippen molar-refractivity contribution in [1.82, 2.24) is 10.2 Å². The molecule has 20 heavy (non-hydrogen) atoms. The Kier molecular flexibility index (Phi) is 4.32. The normalized spacial score (nSPS) is 23.8. The molecule has 1 aliphatic heterocycles. The minimum absolute atomic E-state index is 0.482. The highest BCUT2D eigenvalue weighted by molar-refractivity contribution is 8.14. The molecule has 1 saturated carbocycles. The summed E-state index contributed by atoms with van der Waals surface area (Å²) in [7, 11) is 2.24. The Balaban J connectivity index is 1.45. The summed E-state index contributed by atoms with van der Waals surface area (Å²) in [6.07, 6.45) is 2.74. The number of nitrogens with one attached hydrogen (secondary N) is 1. The summed E-state index contributed by atoms with van der Waals surface area (Å²) >= 11 is 1.86. The number of amidine groups is 1. The molecule has 1 N–H and O–H groups in total. The van der Waals surface area contributed by atoms with Crippen LogP contribution in [0.25, 0.3) is 0 Å². The van der Waals surface area contributed by atoms with Gasteiger partial charge in [-0.25, -0.2) is 0 Å². The molecule has 3 rings (SSSR count). The molecule has 1 fully saturated rings. The number of rotatable bonds is 5. The quantitative estimate of drug-likeness (QED) is 0.903. The fourth-order valence-electron chi connectivity index (χ4n) is 2.53. The molecule has 0 amide bonds. The maximum absolute atomic E-state index is 4.64. The molecule has 2 unspecified atom stereocenters. The lowest BCUT2D eigenvalue weighted by molar-refractivity contribution is 0.248. The summed E-state index contributed by atoms with van der Waals surface area (Å²) in [6.45, 7) is 4.17. The summed E-state index contributed by atoms with van der Waals surface area (Å²) in [5.74, 6) is 0. The molecule has 3 nitrogen and oxygen atoms in total. The van der Waals surface area contributed by atoms with E-state index in [4.69, 9.17) is 0 Å². The summed E-state index contributed by atoms with van der Waals surface area (Å²) in [5.41, 5.74) is 1.38. The van der Waals surface area contributed by atoms with Crippen molar-refractivity contribution in [2.45, 2.75) is 37.1 Å². The van der Waals surface area contributed by atoms with E-state index in [0.29, 0.717) is 11.3 Å². The number of nitrogens with zero attached hydrogens (tertiary/aromatic N) is 2.